The first-order valence-corrected chi connectivity index (χ1v) is 34.3. The van der Waals surface area contributed by atoms with E-state index in [1.807, 2.05) is 93.6 Å². The fourth-order valence-corrected chi connectivity index (χ4v) is 10.8. The fourth-order valence-electron chi connectivity index (χ4n) is 10.8. The van der Waals surface area contributed by atoms with Crippen molar-refractivity contribution in [1.29, 1.82) is 0 Å². The van der Waals surface area contributed by atoms with E-state index in [0.29, 0.717) is 33.8 Å². The van der Waals surface area contributed by atoms with Crippen molar-refractivity contribution in [2.45, 2.75) is 98.4 Å². The highest BCUT2D eigenvalue weighted by Crippen LogP contribution is 2.35. The third-order valence-electron chi connectivity index (χ3n) is 16.4. The molecule has 106 heavy (non-hydrogen) atoms. The van der Waals surface area contributed by atoms with Crippen molar-refractivity contribution in [2.24, 2.45) is 11.8 Å². The Morgan fingerprint density at radius 2 is 0.764 bits per heavy atom. The zero-order valence-electron chi connectivity index (χ0n) is 60.2. The molecular formula is C86H87F6N3O11. The number of aryl methyl sites for hydroxylation is 3. The van der Waals surface area contributed by atoms with Crippen LogP contribution in [0.4, 0.5) is 43.4 Å². The summed E-state index contributed by atoms with van der Waals surface area (Å²) in [5.74, 6) is -6.29. The van der Waals surface area contributed by atoms with E-state index in [4.69, 9.17) is 18.9 Å². The zero-order chi connectivity index (χ0) is 77.2. The van der Waals surface area contributed by atoms with Gasteiger partial charge in [-0.1, -0.05) is 102 Å². The Balaban J connectivity index is 0.000000234. The minimum Gasteiger partial charge on any atom is -0.466 e. The number of carbonyl (C=O) groups is 7. The first-order valence-electron chi connectivity index (χ1n) is 34.3. The van der Waals surface area contributed by atoms with E-state index in [-0.39, 0.29) is 104 Å². The van der Waals surface area contributed by atoms with Crippen LogP contribution in [-0.2, 0) is 38.1 Å². The molecule has 554 valence electrons. The molecule has 0 saturated heterocycles. The van der Waals surface area contributed by atoms with Crippen LogP contribution in [0.5, 0.6) is 0 Å². The largest absolute Gasteiger partial charge is 0.466 e. The number of hydrogen-bond donors (Lipinski definition) is 3. The number of nitrogens with one attached hydrogen (secondary N) is 3. The maximum Gasteiger partial charge on any atom is 0.335 e. The monoisotopic (exact) mass is 1450 g/mol. The first-order chi connectivity index (χ1) is 50.8. The maximum absolute atomic E-state index is 13.6. The first kappa shape index (κ1) is 83.4. The standard InChI is InChI=1S/C30H31F2NO4.C27H27F2NO3.C19H20FNO2.C10H9FO2/c1-4-18-37-27(29(34)22-10-12-23(31)13-11-22)19-26(30(35)36-5-2)28(21-8-6-20(3)7-9-21)33-25-16-14-24(32)15-17-25;1-3-33-27(32)24(16-17-25(31)19-8-10-21(28)11-9-19)26(20-6-4-18(2)5-7-20)30-23-14-12-22(29)13-15-23;1-4-23-19(22)14(3)18(15-7-5-13(2)6-8-15)21-17-11-9-16(20)10-12-17;1-7(12)6-10(13)8-2-4-9(11)5-3-8/h4,6-17,26-28,33H,1,5,18-19H2,2-3H3;4-15,24,26,30H,3,16-17H2,1-2H3;5-12,18,21H,3-4H2,1-2H3;2-5H,6H2,1H3. The maximum atomic E-state index is 13.6. The van der Waals surface area contributed by atoms with Gasteiger partial charge in [0.15, 0.2) is 17.3 Å². The topological polar surface area (TPSA) is 192 Å². The molecule has 0 aliphatic carbocycles. The number of ether oxygens (including phenoxy) is 4. The van der Waals surface area contributed by atoms with Crippen LogP contribution < -0.4 is 16.0 Å². The van der Waals surface area contributed by atoms with E-state index in [1.54, 1.807) is 57.2 Å². The number of hydrogen-bond acceptors (Lipinski definition) is 14. The summed E-state index contributed by atoms with van der Waals surface area (Å²) >= 11 is 0. The van der Waals surface area contributed by atoms with Gasteiger partial charge in [-0.2, -0.15) is 0 Å². The molecule has 20 heteroatoms. The van der Waals surface area contributed by atoms with Gasteiger partial charge < -0.3 is 34.9 Å². The lowest BCUT2D eigenvalue weighted by molar-refractivity contribution is -0.150. The van der Waals surface area contributed by atoms with E-state index in [1.165, 1.54) is 122 Å². The summed E-state index contributed by atoms with van der Waals surface area (Å²) in [6, 6.07) is 54.9. The van der Waals surface area contributed by atoms with E-state index in [0.717, 1.165) is 33.4 Å². The molecule has 9 rings (SSSR count). The molecule has 0 amide bonds. The Kier molecular flexibility index (Phi) is 33.8. The Hall–Kier alpha value is -11.5. The lowest BCUT2D eigenvalue weighted by Crippen LogP contribution is -2.36. The van der Waals surface area contributed by atoms with Gasteiger partial charge in [0.05, 0.1) is 68.4 Å². The van der Waals surface area contributed by atoms with Crippen molar-refractivity contribution < 1.29 is 78.9 Å². The van der Waals surface area contributed by atoms with E-state index in [2.05, 4.69) is 29.1 Å². The van der Waals surface area contributed by atoms with Crippen LogP contribution in [-0.4, -0.2) is 73.6 Å². The van der Waals surface area contributed by atoms with Gasteiger partial charge in [-0.3, -0.25) is 28.8 Å². The molecule has 9 aromatic rings. The number of Topliss-reactive ketones (excluding diaryl/α,β-unsaturated/α-hetero) is 4. The number of benzene rings is 9. The minimum absolute atomic E-state index is 0.0182. The highest BCUT2D eigenvalue weighted by Gasteiger charge is 2.37. The van der Waals surface area contributed by atoms with Crippen LogP contribution in [0.2, 0.25) is 0 Å². The molecule has 0 radical (unpaired) electrons. The average Bonchev–Trinajstić information content (AvgIpc) is 0.812. The SMILES string of the molecule is C=C(C(=O)OCC)C(Nc1ccc(F)cc1)c1ccc(C)cc1.C=CCOC(CC(C(=O)OCC)C(Nc1ccc(F)cc1)c1ccc(C)cc1)C(=O)c1ccc(F)cc1.CC(=O)CC(=O)c1ccc(F)cc1.CCOC(=O)C(CCC(=O)c1ccc(F)cc1)C(Nc1ccc(F)cc1)c1ccc(C)cc1. The van der Waals surface area contributed by atoms with Gasteiger partial charge in [-0.25, -0.2) is 31.1 Å². The van der Waals surface area contributed by atoms with E-state index in [9.17, 15) is 59.9 Å². The summed E-state index contributed by atoms with van der Waals surface area (Å²) in [7, 11) is 0. The number of esters is 3. The molecule has 0 bridgehead atoms. The van der Waals surface area contributed by atoms with Crippen molar-refractivity contribution >= 4 is 58.1 Å². The average molecular weight is 1450 g/mol. The van der Waals surface area contributed by atoms with Crippen LogP contribution in [0, 0.1) is 67.5 Å². The van der Waals surface area contributed by atoms with Gasteiger partial charge in [-0.15, -0.1) is 6.58 Å². The lowest BCUT2D eigenvalue weighted by atomic mass is 9.86. The summed E-state index contributed by atoms with van der Waals surface area (Å²) in [6.07, 6.45) is 0.658. The lowest BCUT2D eigenvalue weighted by Gasteiger charge is -2.30. The summed E-state index contributed by atoms with van der Waals surface area (Å²) in [5.41, 5.74) is 8.99. The molecule has 3 N–H and O–H groups in total. The second kappa shape index (κ2) is 42.9. The van der Waals surface area contributed by atoms with Gasteiger partial charge in [-0.05, 0) is 224 Å². The van der Waals surface area contributed by atoms with Crippen LogP contribution in [0.1, 0.15) is 136 Å². The van der Waals surface area contributed by atoms with Gasteiger partial charge in [0.25, 0.3) is 0 Å². The van der Waals surface area contributed by atoms with E-state index < -0.39 is 65.6 Å². The van der Waals surface area contributed by atoms with Crippen molar-refractivity contribution in [3.8, 4) is 0 Å². The van der Waals surface area contributed by atoms with Crippen molar-refractivity contribution in [1.82, 2.24) is 0 Å². The Bertz CT molecular complexity index is 4320. The Morgan fingerprint density at radius 1 is 0.425 bits per heavy atom. The van der Waals surface area contributed by atoms with Crippen LogP contribution in [0.25, 0.3) is 0 Å². The van der Waals surface area contributed by atoms with Gasteiger partial charge >= 0.3 is 17.9 Å². The number of ketones is 4. The number of rotatable bonds is 32. The predicted octanol–water partition coefficient (Wildman–Crippen LogP) is 19.1. The molecule has 0 aromatic heterocycles. The van der Waals surface area contributed by atoms with E-state index >= 15 is 0 Å². The van der Waals surface area contributed by atoms with Gasteiger partial charge in [0.1, 0.15) is 46.8 Å². The number of halogens is 6. The summed E-state index contributed by atoms with van der Waals surface area (Å²) in [6.45, 7) is 20.7. The molecule has 9 aromatic carbocycles. The summed E-state index contributed by atoms with van der Waals surface area (Å²) < 4.78 is 101. The van der Waals surface area contributed by atoms with Gasteiger partial charge in [0, 0.05) is 40.2 Å². The third-order valence-corrected chi connectivity index (χ3v) is 16.4. The van der Waals surface area contributed by atoms with Crippen LogP contribution in [0.3, 0.4) is 0 Å². The molecule has 0 fully saturated rings. The van der Waals surface area contributed by atoms with Gasteiger partial charge in [0.2, 0.25) is 0 Å². The quantitative estimate of drug-likeness (QED) is 0.00686. The normalized spacial score (nSPS) is 12.3. The highest BCUT2D eigenvalue weighted by molar-refractivity contribution is 6.07. The Morgan fingerprint density at radius 3 is 1.14 bits per heavy atom. The zero-order valence-corrected chi connectivity index (χ0v) is 60.2. The molecule has 0 aliphatic rings. The summed E-state index contributed by atoms with van der Waals surface area (Å²) in [4.78, 5) is 86.3. The second-order valence-corrected chi connectivity index (χ2v) is 24.5. The minimum atomic E-state index is -1.03. The summed E-state index contributed by atoms with van der Waals surface area (Å²) in [5, 5.41) is 9.86. The highest BCUT2D eigenvalue weighted by atomic mass is 19.1. The second-order valence-electron chi connectivity index (χ2n) is 24.5. The van der Waals surface area contributed by atoms with Crippen LogP contribution in [0.15, 0.2) is 243 Å². The molecule has 6 atom stereocenters. The molecule has 0 spiro atoms. The number of anilines is 3. The van der Waals surface area contributed by atoms with Crippen molar-refractivity contribution in [3.63, 3.8) is 0 Å². The van der Waals surface area contributed by atoms with Crippen molar-refractivity contribution in [2.75, 3.05) is 42.4 Å². The third kappa shape index (κ3) is 27.3. The van der Waals surface area contributed by atoms with Crippen molar-refractivity contribution in [3.05, 3.63) is 328 Å². The predicted molar refractivity (Wildman–Crippen MR) is 399 cm³/mol. The van der Waals surface area contributed by atoms with Crippen LogP contribution >= 0.6 is 0 Å². The molecule has 0 saturated carbocycles. The Labute approximate surface area is 614 Å². The molecule has 0 heterocycles. The molecule has 0 aliphatic heterocycles. The molecular weight excluding hydrogens is 1360 g/mol. The number of carbonyl (C=O) groups excluding carboxylic acids is 7. The fraction of sp³-hybridized carbons (Fsp3) is 0.244. The molecule has 6 unspecified atom stereocenters. The molecule has 14 nitrogen and oxygen atoms in total. The smallest absolute Gasteiger partial charge is 0.335 e.